The van der Waals surface area contributed by atoms with Gasteiger partial charge < -0.3 is 9.32 Å². The van der Waals surface area contributed by atoms with Crippen LogP contribution in [0, 0.1) is 0 Å². The van der Waals surface area contributed by atoms with Crippen LogP contribution in [-0.4, -0.2) is 28.3 Å². The van der Waals surface area contributed by atoms with E-state index < -0.39 is 0 Å². The van der Waals surface area contributed by atoms with Crippen molar-refractivity contribution >= 4 is 6.01 Å². The van der Waals surface area contributed by atoms with Crippen LogP contribution in [-0.2, 0) is 0 Å². The predicted octanol–water partition coefficient (Wildman–Crippen LogP) is 2.12. The number of hydrogen-bond acceptors (Lipinski definition) is 5. The molecule has 0 radical (unpaired) electrons. The van der Waals surface area contributed by atoms with Crippen molar-refractivity contribution in [2.45, 2.75) is 19.3 Å². The molecule has 1 saturated heterocycles. The van der Waals surface area contributed by atoms with E-state index in [1.807, 2.05) is 12.1 Å². The lowest BCUT2D eigenvalue weighted by atomic mass is 10.1. The Bertz CT molecular complexity index is 476. The fourth-order valence-corrected chi connectivity index (χ4v) is 2.04. The topological polar surface area (TPSA) is 55.1 Å². The third-order valence-corrected chi connectivity index (χ3v) is 2.97. The summed E-state index contributed by atoms with van der Waals surface area (Å²) in [7, 11) is 0. The van der Waals surface area contributed by atoms with Crippen LogP contribution < -0.4 is 4.90 Å². The van der Waals surface area contributed by atoms with Crippen molar-refractivity contribution < 1.29 is 4.42 Å². The zero-order chi connectivity index (χ0) is 11.5. The number of anilines is 1. The van der Waals surface area contributed by atoms with E-state index in [0.29, 0.717) is 11.9 Å². The lowest BCUT2D eigenvalue weighted by Crippen LogP contribution is -2.29. The van der Waals surface area contributed by atoms with Gasteiger partial charge in [0.15, 0.2) is 0 Å². The van der Waals surface area contributed by atoms with Gasteiger partial charge in [-0.2, -0.15) is 0 Å². The Labute approximate surface area is 99.5 Å². The van der Waals surface area contributed by atoms with Crippen molar-refractivity contribution in [3.8, 4) is 11.5 Å². The Kier molecular flexibility index (Phi) is 2.73. The number of piperidine rings is 1. The molecule has 0 spiro atoms. The van der Waals surface area contributed by atoms with Crippen molar-refractivity contribution in [2.24, 2.45) is 0 Å². The second-order valence-corrected chi connectivity index (χ2v) is 4.17. The van der Waals surface area contributed by atoms with Gasteiger partial charge in [0, 0.05) is 31.0 Å². The highest BCUT2D eigenvalue weighted by Gasteiger charge is 2.17. The summed E-state index contributed by atoms with van der Waals surface area (Å²) < 4.78 is 5.69. The van der Waals surface area contributed by atoms with Gasteiger partial charge in [0.1, 0.15) is 0 Å². The summed E-state index contributed by atoms with van der Waals surface area (Å²) in [6.07, 6.45) is 7.14. The molecule has 2 aromatic rings. The normalized spacial score (nSPS) is 16.1. The largest absolute Gasteiger partial charge is 0.403 e. The first-order valence-corrected chi connectivity index (χ1v) is 5.92. The first-order valence-electron chi connectivity index (χ1n) is 5.92. The number of rotatable bonds is 2. The van der Waals surface area contributed by atoms with E-state index in [9.17, 15) is 0 Å². The molecule has 5 nitrogen and oxygen atoms in total. The third kappa shape index (κ3) is 2.13. The smallest absolute Gasteiger partial charge is 0.318 e. The monoisotopic (exact) mass is 230 g/mol. The van der Waals surface area contributed by atoms with Gasteiger partial charge >= 0.3 is 6.01 Å². The van der Waals surface area contributed by atoms with Gasteiger partial charge in [0.25, 0.3) is 0 Å². The molecular formula is C12H14N4O. The Morgan fingerprint density at radius 3 is 2.53 bits per heavy atom. The van der Waals surface area contributed by atoms with E-state index >= 15 is 0 Å². The zero-order valence-corrected chi connectivity index (χ0v) is 9.54. The zero-order valence-electron chi connectivity index (χ0n) is 9.54. The van der Waals surface area contributed by atoms with Crippen LogP contribution in [0.15, 0.2) is 28.9 Å². The number of nitrogens with zero attached hydrogens (tertiary/aromatic N) is 4. The molecule has 0 aromatic carbocycles. The molecule has 5 heteroatoms. The standard InChI is InChI=1S/C12H14N4O/c1-2-8-16(9-3-1)12-15-14-11(17-12)10-4-6-13-7-5-10/h4-7H,1-3,8-9H2. The molecule has 0 atom stereocenters. The lowest BCUT2D eigenvalue weighted by molar-refractivity contribution is 0.498. The van der Waals surface area contributed by atoms with Gasteiger partial charge in [-0.25, -0.2) is 0 Å². The highest BCUT2D eigenvalue weighted by molar-refractivity contribution is 5.52. The highest BCUT2D eigenvalue weighted by atomic mass is 16.4. The Hall–Kier alpha value is -1.91. The first kappa shape index (κ1) is 10.3. The molecular weight excluding hydrogens is 216 g/mol. The van der Waals surface area contributed by atoms with E-state index in [1.165, 1.54) is 19.3 Å². The van der Waals surface area contributed by atoms with E-state index in [4.69, 9.17) is 4.42 Å². The predicted molar refractivity (Wildman–Crippen MR) is 63.6 cm³/mol. The third-order valence-electron chi connectivity index (χ3n) is 2.97. The van der Waals surface area contributed by atoms with E-state index in [2.05, 4.69) is 20.1 Å². The maximum Gasteiger partial charge on any atom is 0.318 e. The molecule has 3 rings (SSSR count). The van der Waals surface area contributed by atoms with Crippen LogP contribution in [0.2, 0.25) is 0 Å². The fraction of sp³-hybridized carbons (Fsp3) is 0.417. The van der Waals surface area contributed by atoms with Crippen molar-refractivity contribution in [1.29, 1.82) is 0 Å². The minimum absolute atomic E-state index is 0.563. The summed E-state index contributed by atoms with van der Waals surface area (Å²) in [6.45, 7) is 2.02. The number of hydrogen-bond donors (Lipinski definition) is 0. The first-order chi connectivity index (χ1) is 8.43. The van der Waals surface area contributed by atoms with Gasteiger partial charge in [-0.05, 0) is 31.4 Å². The quantitative estimate of drug-likeness (QED) is 0.791. The fourth-order valence-electron chi connectivity index (χ4n) is 2.04. The molecule has 0 saturated carbocycles. The molecule has 0 bridgehead atoms. The maximum atomic E-state index is 5.69. The highest BCUT2D eigenvalue weighted by Crippen LogP contribution is 2.23. The molecule has 0 aliphatic carbocycles. The van der Waals surface area contributed by atoms with Crippen LogP contribution in [0.25, 0.3) is 11.5 Å². The summed E-state index contributed by atoms with van der Waals surface area (Å²) >= 11 is 0. The van der Waals surface area contributed by atoms with E-state index in [-0.39, 0.29) is 0 Å². The summed E-state index contributed by atoms with van der Waals surface area (Å²) in [6, 6.07) is 4.37. The number of aromatic nitrogens is 3. The van der Waals surface area contributed by atoms with Gasteiger partial charge in [0.05, 0.1) is 0 Å². The number of pyridine rings is 1. The Morgan fingerprint density at radius 1 is 1.00 bits per heavy atom. The Morgan fingerprint density at radius 2 is 1.76 bits per heavy atom. The van der Waals surface area contributed by atoms with Gasteiger partial charge in [-0.15, -0.1) is 5.10 Å². The molecule has 0 unspecified atom stereocenters. The van der Waals surface area contributed by atoms with Crippen LogP contribution in [0.4, 0.5) is 6.01 Å². The van der Waals surface area contributed by atoms with E-state index in [1.54, 1.807) is 12.4 Å². The summed E-state index contributed by atoms with van der Waals surface area (Å²) in [5, 5.41) is 8.18. The molecule has 1 aliphatic rings. The van der Waals surface area contributed by atoms with Gasteiger partial charge in [-0.1, -0.05) is 5.10 Å². The van der Waals surface area contributed by atoms with Crippen LogP contribution in [0.3, 0.4) is 0 Å². The second kappa shape index (κ2) is 4.53. The minimum atomic E-state index is 0.563. The van der Waals surface area contributed by atoms with Gasteiger partial charge in [-0.3, -0.25) is 4.98 Å². The average Bonchev–Trinajstić information content (AvgIpc) is 2.90. The molecule has 0 N–H and O–H groups in total. The minimum Gasteiger partial charge on any atom is -0.403 e. The Balaban J connectivity index is 1.83. The van der Waals surface area contributed by atoms with Crippen LogP contribution in [0.5, 0.6) is 0 Å². The molecule has 88 valence electrons. The summed E-state index contributed by atoms with van der Waals surface area (Å²) in [5.74, 6) is 0.563. The molecule has 1 fully saturated rings. The molecule has 3 heterocycles. The van der Waals surface area contributed by atoms with E-state index in [0.717, 1.165) is 18.7 Å². The van der Waals surface area contributed by atoms with Crippen molar-refractivity contribution in [1.82, 2.24) is 15.2 Å². The van der Waals surface area contributed by atoms with Crippen LogP contribution >= 0.6 is 0 Å². The van der Waals surface area contributed by atoms with Gasteiger partial charge in [0.2, 0.25) is 5.89 Å². The molecule has 2 aromatic heterocycles. The van der Waals surface area contributed by atoms with Crippen LogP contribution in [0.1, 0.15) is 19.3 Å². The second-order valence-electron chi connectivity index (χ2n) is 4.17. The summed E-state index contributed by atoms with van der Waals surface area (Å²) in [5.41, 5.74) is 0.913. The maximum absolute atomic E-state index is 5.69. The molecule has 17 heavy (non-hydrogen) atoms. The molecule has 0 amide bonds. The summed E-state index contributed by atoms with van der Waals surface area (Å²) in [4.78, 5) is 6.12. The molecule has 1 aliphatic heterocycles. The SMILES string of the molecule is c1cc(-c2nnc(N3CCCCC3)o2)ccn1. The lowest BCUT2D eigenvalue weighted by Gasteiger charge is -2.24. The van der Waals surface area contributed by atoms with Crippen molar-refractivity contribution in [2.75, 3.05) is 18.0 Å². The van der Waals surface area contributed by atoms with Crippen molar-refractivity contribution in [3.63, 3.8) is 0 Å². The average molecular weight is 230 g/mol. The van der Waals surface area contributed by atoms with Crippen molar-refractivity contribution in [3.05, 3.63) is 24.5 Å².